The van der Waals surface area contributed by atoms with E-state index in [1.807, 2.05) is 24.4 Å². The van der Waals surface area contributed by atoms with Gasteiger partial charge in [0, 0.05) is 25.1 Å². The second-order valence-corrected chi connectivity index (χ2v) is 16.2. The summed E-state index contributed by atoms with van der Waals surface area (Å²) < 4.78 is 5.51. The fourth-order valence-electron chi connectivity index (χ4n) is 9.46. The second kappa shape index (κ2) is 18.6. The van der Waals surface area contributed by atoms with Gasteiger partial charge in [0.2, 0.25) is 5.91 Å². The molecule has 5 heterocycles. The number of ether oxygens (including phenoxy) is 1. The summed E-state index contributed by atoms with van der Waals surface area (Å²) in [6.45, 7) is 10.5. The van der Waals surface area contributed by atoms with Crippen LogP contribution in [0, 0.1) is 0 Å². The zero-order valence-corrected chi connectivity index (χ0v) is 35.9. The van der Waals surface area contributed by atoms with Crippen LogP contribution >= 0.6 is 0 Å². The molecule has 2 aliphatic rings. The Labute approximate surface area is 361 Å². The van der Waals surface area contributed by atoms with Gasteiger partial charge in [-0.25, -0.2) is 14.8 Å². The molecule has 4 atom stereocenters. The number of aromatic amines is 3. The Balaban J connectivity index is 0.933. The Morgan fingerprint density at radius 1 is 0.726 bits per heavy atom. The quantitative estimate of drug-likeness (QED) is 0.0787. The van der Waals surface area contributed by atoms with Gasteiger partial charge in [0.1, 0.15) is 17.7 Å². The average Bonchev–Trinajstić information content (AvgIpc) is 4.18. The first kappa shape index (κ1) is 42.1. The van der Waals surface area contributed by atoms with E-state index in [-0.39, 0.29) is 36.4 Å². The molecule has 15 nitrogen and oxygen atoms in total. The lowest BCUT2D eigenvalue weighted by Crippen LogP contribution is -2.56. The molecular weight excluding hydrogens is 783 g/mol. The van der Waals surface area contributed by atoms with Gasteiger partial charge >= 0.3 is 6.09 Å². The molecule has 0 bridgehead atoms. The number of H-pyrrole nitrogens is 3. The van der Waals surface area contributed by atoms with Crippen LogP contribution in [0.2, 0.25) is 0 Å². The van der Waals surface area contributed by atoms with Gasteiger partial charge < -0.3 is 34.3 Å². The Bertz CT molecular complexity index is 2420. The third-order valence-corrected chi connectivity index (χ3v) is 13.1. The number of methoxy groups -OCH3 is 1. The molecule has 0 spiro atoms. The van der Waals surface area contributed by atoms with Crippen molar-refractivity contribution in [1.29, 1.82) is 0 Å². The van der Waals surface area contributed by atoms with Crippen LogP contribution in [0.25, 0.3) is 33.6 Å². The van der Waals surface area contributed by atoms with Crippen LogP contribution in [0.1, 0.15) is 87.5 Å². The number of rotatable bonds is 15. The van der Waals surface area contributed by atoms with Crippen molar-refractivity contribution in [2.75, 3.05) is 39.8 Å². The summed E-state index contributed by atoms with van der Waals surface area (Å²) in [5.74, 6) is 1.47. The minimum absolute atomic E-state index is 0.100. The summed E-state index contributed by atoms with van der Waals surface area (Å²) in [6, 6.07) is 25.5. The number of carbonyl (C=O) groups is 3. The molecule has 0 unspecified atom stereocenters. The molecule has 3 amide bonds. The highest BCUT2D eigenvalue weighted by atomic mass is 16.5. The van der Waals surface area contributed by atoms with Gasteiger partial charge in [0.05, 0.1) is 74.5 Å². The van der Waals surface area contributed by atoms with E-state index in [9.17, 15) is 14.4 Å². The molecule has 8 rings (SSSR count). The van der Waals surface area contributed by atoms with Gasteiger partial charge in [-0.1, -0.05) is 78.9 Å². The van der Waals surface area contributed by atoms with Crippen LogP contribution in [0.3, 0.4) is 0 Å². The van der Waals surface area contributed by atoms with Crippen LogP contribution < -0.4 is 5.32 Å². The number of aromatic nitrogens is 7. The number of imidazole rings is 2. The van der Waals surface area contributed by atoms with Gasteiger partial charge in [0.25, 0.3) is 5.91 Å². The first-order valence-corrected chi connectivity index (χ1v) is 21.8. The predicted molar refractivity (Wildman–Crippen MR) is 235 cm³/mol. The number of nitrogens with one attached hydrogen (secondary N) is 4. The Morgan fingerprint density at radius 3 is 1.73 bits per heavy atom. The van der Waals surface area contributed by atoms with Crippen molar-refractivity contribution in [3.63, 3.8) is 0 Å². The molecule has 0 radical (unpaired) electrons. The third-order valence-electron chi connectivity index (χ3n) is 13.1. The van der Waals surface area contributed by atoms with Crippen LogP contribution in [0.15, 0.2) is 97.5 Å². The summed E-state index contributed by atoms with van der Waals surface area (Å²) in [5, 5.41) is 13.1. The van der Waals surface area contributed by atoms with Crippen molar-refractivity contribution in [2.45, 2.75) is 77.0 Å². The number of nitrogens with zero attached hydrogens (tertiary/aromatic N) is 7. The number of amides is 3. The maximum atomic E-state index is 14.6. The largest absolute Gasteiger partial charge is 0.453 e. The van der Waals surface area contributed by atoms with E-state index in [1.165, 1.54) is 13.3 Å². The molecule has 6 aromatic rings. The zero-order valence-electron chi connectivity index (χ0n) is 35.9. The number of likely N-dealkylation sites (tertiary alicyclic amines) is 2. The SMILES string of the molecule is CC[N+](CC)(CC)[C@@H](C(=O)N1CCC[C@H]1c1ncc(-c2ccc(-c3ccc(-c4cnc([C@@H]5CCCN5C(=O)[C@@H](Cc5cn[nH]n5)NC(=O)OC)[nH]4)cc3)cc2)[nH]1)c1ccccc1. The maximum Gasteiger partial charge on any atom is 0.407 e. The number of alkyl carbamates (subject to hydrolysis) is 1. The molecule has 62 heavy (non-hydrogen) atoms. The summed E-state index contributed by atoms with van der Waals surface area (Å²) in [5.41, 5.74) is 7.54. The number of likely N-dealkylation sites (N-methyl/N-ethyl adjacent to an activating group) is 1. The number of quaternary nitrogens is 1. The molecule has 3 aromatic carbocycles. The first-order valence-electron chi connectivity index (χ1n) is 21.8. The molecule has 322 valence electrons. The monoisotopic (exact) mass is 838 g/mol. The lowest BCUT2D eigenvalue weighted by atomic mass is 9.99. The van der Waals surface area contributed by atoms with Gasteiger partial charge in [-0.2, -0.15) is 15.4 Å². The summed E-state index contributed by atoms with van der Waals surface area (Å²) in [6.07, 6.45) is 8.07. The Morgan fingerprint density at radius 2 is 1.24 bits per heavy atom. The van der Waals surface area contributed by atoms with Crippen LogP contribution in [-0.2, 0) is 20.7 Å². The topological polar surface area (TPSA) is 178 Å². The van der Waals surface area contributed by atoms with Crippen molar-refractivity contribution in [2.24, 2.45) is 0 Å². The first-order chi connectivity index (χ1) is 30.2. The summed E-state index contributed by atoms with van der Waals surface area (Å²) >= 11 is 0. The number of hydrogen-bond acceptors (Lipinski definition) is 8. The normalized spacial score (nSPS) is 17.5. The summed E-state index contributed by atoms with van der Waals surface area (Å²) in [7, 11) is 1.27. The molecule has 15 heteroatoms. The highest BCUT2D eigenvalue weighted by Gasteiger charge is 2.45. The van der Waals surface area contributed by atoms with Crippen LogP contribution in [0.4, 0.5) is 4.79 Å². The average molecular weight is 839 g/mol. The molecule has 0 aliphatic carbocycles. The van der Waals surface area contributed by atoms with Crippen molar-refractivity contribution in [1.82, 2.24) is 50.5 Å². The highest BCUT2D eigenvalue weighted by molar-refractivity contribution is 5.86. The predicted octanol–water partition coefficient (Wildman–Crippen LogP) is 7.16. The smallest absolute Gasteiger partial charge is 0.407 e. The van der Waals surface area contributed by atoms with Gasteiger partial charge in [-0.3, -0.25) is 9.59 Å². The Hall–Kier alpha value is -6.61. The second-order valence-electron chi connectivity index (χ2n) is 16.2. The standard InChI is InChI=1S/C47H55N11O4/c1-5-58(6-2,7-3)42(35-13-9-8-10-14-35)46(60)57-26-12-16-41(57)44-49-30-39(52-44)34-23-19-32(20-24-34)31-17-21-33(22-18-31)38-29-48-43(51-38)40-15-11-25-56(40)45(59)37(53-47(61)62-4)27-36-28-50-55-54-36/h8-10,13-14,17-24,28-30,37,40-42H,5-7,11-12,15-16,25-27H2,1-4H3,(H3-,48,49,50,51,52,53,54,55,61)/p+1/t37-,40+,41+,42-/m1/s1. The van der Waals surface area contributed by atoms with Crippen LogP contribution in [-0.4, -0.2) is 113 Å². The van der Waals surface area contributed by atoms with Crippen LogP contribution in [0.5, 0.6) is 0 Å². The molecule has 2 fully saturated rings. The maximum absolute atomic E-state index is 14.6. The van der Waals surface area contributed by atoms with E-state index in [1.54, 1.807) is 11.1 Å². The minimum Gasteiger partial charge on any atom is -0.453 e. The summed E-state index contributed by atoms with van der Waals surface area (Å²) in [4.78, 5) is 61.0. The molecule has 3 aromatic heterocycles. The molecule has 4 N–H and O–H groups in total. The van der Waals surface area contributed by atoms with Gasteiger partial charge in [-0.05, 0) is 68.7 Å². The van der Waals surface area contributed by atoms with Gasteiger partial charge in [-0.15, -0.1) is 0 Å². The van der Waals surface area contributed by atoms with Crippen molar-refractivity contribution in [3.8, 4) is 33.6 Å². The number of carbonyl (C=O) groups excluding carboxylic acids is 3. The molecular formula is C47H56N11O4+. The molecule has 0 saturated carbocycles. The fraction of sp³-hybridized carbons (Fsp3) is 0.383. The molecule has 2 saturated heterocycles. The lowest BCUT2D eigenvalue weighted by molar-refractivity contribution is -0.944. The minimum atomic E-state index is -0.869. The van der Waals surface area contributed by atoms with E-state index in [0.717, 1.165) is 96.9 Å². The van der Waals surface area contributed by atoms with E-state index < -0.39 is 12.1 Å². The van der Waals surface area contributed by atoms with E-state index >= 15 is 0 Å². The number of benzene rings is 3. The van der Waals surface area contributed by atoms with E-state index in [0.29, 0.717) is 22.5 Å². The van der Waals surface area contributed by atoms with Crippen molar-refractivity contribution >= 4 is 17.9 Å². The lowest BCUT2D eigenvalue weighted by Gasteiger charge is -2.44. The van der Waals surface area contributed by atoms with Crippen molar-refractivity contribution in [3.05, 3.63) is 120 Å². The molecule has 2 aliphatic heterocycles. The van der Waals surface area contributed by atoms with Crippen molar-refractivity contribution < 1.29 is 23.6 Å². The van der Waals surface area contributed by atoms with Gasteiger partial charge in [0.15, 0.2) is 6.04 Å². The Kier molecular flexibility index (Phi) is 12.6. The van der Waals surface area contributed by atoms with E-state index in [4.69, 9.17) is 14.7 Å². The fourth-order valence-corrected chi connectivity index (χ4v) is 9.46. The third kappa shape index (κ3) is 8.49. The highest BCUT2D eigenvalue weighted by Crippen LogP contribution is 2.39. The number of hydrogen-bond donors (Lipinski definition) is 4. The zero-order chi connectivity index (χ0) is 43.2. The van der Waals surface area contributed by atoms with E-state index in [2.05, 4.69) is 117 Å².